The second-order valence-electron chi connectivity index (χ2n) is 5.05. The van der Waals surface area contributed by atoms with E-state index in [1.807, 2.05) is 0 Å². The number of rotatable bonds is 2. The topological polar surface area (TPSA) is 88.5 Å². The molecule has 23 heavy (non-hydrogen) atoms. The summed E-state index contributed by atoms with van der Waals surface area (Å²) in [5.41, 5.74) is 0.770. The van der Waals surface area contributed by atoms with E-state index < -0.39 is 26.6 Å². The summed E-state index contributed by atoms with van der Waals surface area (Å²) >= 11 is 0. The van der Waals surface area contributed by atoms with Crippen molar-refractivity contribution in [3.63, 3.8) is 0 Å². The lowest BCUT2D eigenvalue weighted by Gasteiger charge is -2.09. The van der Waals surface area contributed by atoms with Gasteiger partial charge >= 0.3 is 5.97 Å². The summed E-state index contributed by atoms with van der Waals surface area (Å²) in [6.07, 6.45) is 4.77. The van der Waals surface area contributed by atoms with Crippen molar-refractivity contribution in [1.82, 2.24) is 0 Å². The zero-order chi connectivity index (χ0) is 16.8. The number of carbonyl (C=O) groups is 1. The molecule has 0 saturated carbocycles. The Morgan fingerprint density at radius 1 is 1.00 bits per heavy atom. The molecule has 0 spiro atoms. The van der Waals surface area contributed by atoms with E-state index in [0.29, 0.717) is 16.0 Å². The van der Waals surface area contributed by atoms with Crippen LogP contribution in [0.4, 0.5) is 0 Å². The van der Waals surface area contributed by atoms with Crippen LogP contribution in [0, 0.1) is 0 Å². The van der Waals surface area contributed by atoms with Crippen LogP contribution < -0.4 is 0 Å². The highest BCUT2D eigenvalue weighted by atomic mass is 32.2. The Bertz CT molecular complexity index is 988. The highest BCUT2D eigenvalue weighted by Crippen LogP contribution is 2.33. The van der Waals surface area contributed by atoms with Gasteiger partial charge in [-0.15, -0.1) is 0 Å². The lowest BCUT2D eigenvalue weighted by atomic mass is 10.1. The molecule has 2 aromatic rings. The third-order valence-corrected chi connectivity index (χ3v) is 6.40. The molecular weight excluding hydrogens is 336 g/mol. The Morgan fingerprint density at radius 3 is 2.35 bits per heavy atom. The standard InChI is InChI=1S/C16H12O5S2/c1-22(19)13-6-7-14-11(8-13)4-2-10-3-5-12(16(17)18)9-15(10)23(14,20)21/h2-9H,1H3,(H,17,18). The number of fused-ring (bicyclic) bond motifs is 2. The molecule has 0 bridgehead atoms. The van der Waals surface area contributed by atoms with E-state index in [2.05, 4.69) is 0 Å². The first-order chi connectivity index (χ1) is 10.8. The highest BCUT2D eigenvalue weighted by Gasteiger charge is 2.26. The van der Waals surface area contributed by atoms with E-state index in [4.69, 9.17) is 5.11 Å². The summed E-state index contributed by atoms with van der Waals surface area (Å²) in [7, 11) is -5.09. The maximum Gasteiger partial charge on any atom is 0.335 e. The summed E-state index contributed by atoms with van der Waals surface area (Å²) in [5.74, 6) is -1.19. The van der Waals surface area contributed by atoms with Gasteiger partial charge in [-0.3, -0.25) is 4.21 Å². The van der Waals surface area contributed by atoms with Gasteiger partial charge in [0.1, 0.15) is 0 Å². The van der Waals surface area contributed by atoms with Crippen molar-refractivity contribution in [3.8, 4) is 0 Å². The summed E-state index contributed by atoms with van der Waals surface area (Å²) in [6.45, 7) is 0. The minimum atomic E-state index is -3.86. The van der Waals surface area contributed by atoms with Crippen LogP contribution in [0.15, 0.2) is 51.1 Å². The molecule has 0 radical (unpaired) electrons. The lowest BCUT2D eigenvalue weighted by molar-refractivity contribution is 0.0696. The molecule has 1 aliphatic rings. The fourth-order valence-corrected chi connectivity index (χ4v) is 4.62. The molecular formula is C16H12O5S2. The Kier molecular flexibility index (Phi) is 3.69. The van der Waals surface area contributed by atoms with Crippen LogP contribution in [0.5, 0.6) is 0 Å². The molecule has 0 aliphatic carbocycles. The van der Waals surface area contributed by atoms with Gasteiger partial charge in [-0.25, -0.2) is 13.2 Å². The smallest absolute Gasteiger partial charge is 0.335 e. The van der Waals surface area contributed by atoms with Crippen molar-refractivity contribution >= 4 is 38.8 Å². The van der Waals surface area contributed by atoms with E-state index in [0.717, 1.165) is 0 Å². The van der Waals surface area contributed by atoms with Crippen LogP contribution in [0.1, 0.15) is 21.5 Å². The molecule has 5 nitrogen and oxygen atoms in total. The van der Waals surface area contributed by atoms with Gasteiger partial charge in [-0.1, -0.05) is 18.2 Å². The summed E-state index contributed by atoms with van der Waals surface area (Å²) in [6, 6.07) is 8.49. The Labute approximate surface area is 135 Å². The van der Waals surface area contributed by atoms with Crippen molar-refractivity contribution in [2.45, 2.75) is 14.7 Å². The van der Waals surface area contributed by atoms with Gasteiger partial charge in [0.15, 0.2) is 0 Å². The van der Waals surface area contributed by atoms with Crippen molar-refractivity contribution in [3.05, 3.63) is 53.1 Å². The maximum absolute atomic E-state index is 12.9. The molecule has 118 valence electrons. The zero-order valence-electron chi connectivity index (χ0n) is 12.0. The van der Waals surface area contributed by atoms with Gasteiger partial charge in [0.05, 0.1) is 15.4 Å². The monoisotopic (exact) mass is 348 g/mol. The quantitative estimate of drug-likeness (QED) is 0.768. The van der Waals surface area contributed by atoms with E-state index in [-0.39, 0.29) is 15.4 Å². The molecule has 7 heteroatoms. The lowest BCUT2D eigenvalue weighted by Crippen LogP contribution is -2.07. The molecule has 3 rings (SSSR count). The molecule has 1 aliphatic heterocycles. The number of hydrogen-bond donors (Lipinski definition) is 1. The zero-order valence-corrected chi connectivity index (χ0v) is 13.6. The van der Waals surface area contributed by atoms with Crippen LogP contribution in [-0.4, -0.2) is 30.0 Å². The van der Waals surface area contributed by atoms with Gasteiger partial charge in [-0.05, 0) is 41.5 Å². The number of carboxylic acid groups (broad SMARTS) is 1. The molecule has 1 N–H and O–H groups in total. The van der Waals surface area contributed by atoms with E-state index in [1.165, 1.54) is 36.6 Å². The molecule has 0 saturated heterocycles. The molecule has 0 fully saturated rings. The number of aromatic carboxylic acids is 1. The van der Waals surface area contributed by atoms with E-state index in [1.54, 1.807) is 18.2 Å². The van der Waals surface area contributed by atoms with E-state index >= 15 is 0 Å². The third kappa shape index (κ3) is 2.62. The Morgan fingerprint density at radius 2 is 1.70 bits per heavy atom. The minimum Gasteiger partial charge on any atom is -0.478 e. The van der Waals surface area contributed by atoms with E-state index in [9.17, 15) is 17.4 Å². The third-order valence-electron chi connectivity index (χ3n) is 3.60. The molecule has 0 amide bonds. The van der Waals surface area contributed by atoms with Crippen molar-refractivity contribution in [2.24, 2.45) is 0 Å². The van der Waals surface area contributed by atoms with Gasteiger partial charge < -0.3 is 5.11 Å². The number of carboxylic acids is 1. The molecule has 0 aromatic heterocycles. The first kappa shape index (κ1) is 15.6. The first-order valence-electron chi connectivity index (χ1n) is 6.59. The van der Waals surface area contributed by atoms with Crippen LogP contribution in [0.3, 0.4) is 0 Å². The summed E-state index contributed by atoms with van der Waals surface area (Å²) < 4.78 is 37.3. The van der Waals surface area contributed by atoms with Gasteiger partial charge in [0.2, 0.25) is 9.84 Å². The fourth-order valence-electron chi connectivity index (χ4n) is 2.42. The molecule has 1 atom stereocenters. The molecule has 2 aromatic carbocycles. The van der Waals surface area contributed by atoms with Crippen LogP contribution in [0.2, 0.25) is 0 Å². The minimum absolute atomic E-state index is 0.0437. The normalized spacial score (nSPS) is 16.0. The summed E-state index contributed by atoms with van der Waals surface area (Å²) in [4.78, 5) is 11.7. The van der Waals surface area contributed by atoms with Gasteiger partial charge in [-0.2, -0.15) is 0 Å². The first-order valence-corrected chi connectivity index (χ1v) is 9.63. The SMILES string of the molecule is CS(=O)c1ccc2c(c1)C=Cc1ccc(C(=O)O)cc1S2(=O)=O. The highest BCUT2D eigenvalue weighted by molar-refractivity contribution is 7.91. The van der Waals surface area contributed by atoms with Crippen LogP contribution in [-0.2, 0) is 20.6 Å². The Balaban J connectivity index is 2.30. The summed E-state index contributed by atoms with van der Waals surface area (Å²) in [5, 5.41) is 9.07. The largest absolute Gasteiger partial charge is 0.478 e. The second-order valence-corrected chi connectivity index (χ2v) is 8.31. The van der Waals surface area contributed by atoms with Gasteiger partial charge in [0.25, 0.3) is 0 Å². The average molecular weight is 348 g/mol. The number of sulfone groups is 1. The van der Waals surface area contributed by atoms with Crippen molar-refractivity contribution in [1.29, 1.82) is 0 Å². The van der Waals surface area contributed by atoms with Crippen LogP contribution >= 0.6 is 0 Å². The molecule has 1 heterocycles. The van der Waals surface area contributed by atoms with Crippen molar-refractivity contribution in [2.75, 3.05) is 6.26 Å². The average Bonchev–Trinajstić information content (AvgIpc) is 2.62. The fraction of sp³-hybridized carbons (Fsp3) is 0.0625. The number of hydrogen-bond acceptors (Lipinski definition) is 4. The predicted octanol–water partition coefficient (Wildman–Crippen LogP) is 2.44. The number of benzene rings is 2. The van der Waals surface area contributed by atoms with Crippen LogP contribution in [0.25, 0.3) is 12.2 Å². The van der Waals surface area contributed by atoms with Crippen molar-refractivity contribution < 1.29 is 22.5 Å². The maximum atomic E-state index is 12.9. The Hall–Kier alpha value is -2.25. The molecule has 1 unspecified atom stereocenters. The second kappa shape index (κ2) is 5.43. The van der Waals surface area contributed by atoms with Gasteiger partial charge in [0, 0.05) is 22.0 Å². The predicted molar refractivity (Wildman–Crippen MR) is 86.6 cm³/mol.